The van der Waals surface area contributed by atoms with Gasteiger partial charge in [-0.25, -0.2) is 9.97 Å². The van der Waals surface area contributed by atoms with Crippen LogP contribution in [0.2, 0.25) is 10.0 Å². The zero-order valence-corrected chi connectivity index (χ0v) is 12.2. The van der Waals surface area contributed by atoms with Crippen molar-refractivity contribution >= 4 is 40.1 Å². The van der Waals surface area contributed by atoms with Crippen molar-refractivity contribution in [1.82, 2.24) is 9.97 Å². The molecule has 0 saturated carbocycles. The highest BCUT2D eigenvalue weighted by Crippen LogP contribution is 2.33. The van der Waals surface area contributed by atoms with Crippen molar-refractivity contribution in [2.45, 2.75) is 0 Å². The van der Waals surface area contributed by atoms with Gasteiger partial charge in [-0.05, 0) is 18.2 Å². The van der Waals surface area contributed by atoms with E-state index >= 15 is 0 Å². The molecule has 2 aromatic carbocycles. The van der Waals surface area contributed by atoms with Crippen LogP contribution in [0.3, 0.4) is 0 Å². The third-order valence-corrected chi connectivity index (χ3v) is 3.65. The van der Waals surface area contributed by atoms with Gasteiger partial charge < -0.3 is 5.32 Å². The van der Waals surface area contributed by atoms with Crippen molar-refractivity contribution in [3.05, 3.63) is 52.5 Å². The fourth-order valence-corrected chi connectivity index (χ4v) is 2.50. The molecule has 0 unspecified atom stereocenters. The van der Waals surface area contributed by atoms with Crippen LogP contribution >= 0.6 is 23.2 Å². The van der Waals surface area contributed by atoms with Crippen LogP contribution < -0.4 is 5.32 Å². The van der Waals surface area contributed by atoms with E-state index in [2.05, 4.69) is 15.3 Å². The van der Waals surface area contributed by atoms with Crippen molar-refractivity contribution in [3.63, 3.8) is 0 Å². The second-order valence-corrected chi connectivity index (χ2v) is 5.07. The molecule has 3 rings (SSSR count). The summed E-state index contributed by atoms with van der Waals surface area (Å²) in [5.41, 5.74) is 2.94. The van der Waals surface area contributed by atoms with Crippen molar-refractivity contribution < 1.29 is 0 Å². The molecule has 0 aliphatic carbocycles. The minimum Gasteiger partial charge on any atom is -0.371 e. The minimum atomic E-state index is 0.575. The van der Waals surface area contributed by atoms with Gasteiger partial charge in [0.25, 0.3) is 0 Å². The molecule has 100 valence electrons. The van der Waals surface area contributed by atoms with Crippen LogP contribution in [0.25, 0.3) is 22.3 Å². The maximum absolute atomic E-state index is 6.25. The monoisotopic (exact) mass is 303 g/mol. The smallest absolute Gasteiger partial charge is 0.153 e. The molecule has 0 saturated heterocycles. The lowest BCUT2D eigenvalue weighted by atomic mass is 10.1. The average Bonchev–Trinajstić information content (AvgIpc) is 2.47. The van der Waals surface area contributed by atoms with Gasteiger partial charge in [0.05, 0.1) is 15.6 Å². The summed E-state index contributed by atoms with van der Waals surface area (Å²) < 4.78 is 0. The lowest BCUT2D eigenvalue weighted by Crippen LogP contribution is -2.00. The van der Waals surface area contributed by atoms with Crippen LogP contribution in [-0.4, -0.2) is 17.0 Å². The van der Waals surface area contributed by atoms with Crippen LogP contribution in [0.15, 0.2) is 42.5 Å². The zero-order chi connectivity index (χ0) is 14.1. The van der Waals surface area contributed by atoms with Crippen LogP contribution in [-0.2, 0) is 0 Å². The Morgan fingerprint density at radius 3 is 2.40 bits per heavy atom. The summed E-state index contributed by atoms with van der Waals surface area (Å²) in [7, 11) is 1.81. The number of fused-ring (bicyclic) bond motifs is 1. The van der Waals surface area contributed by atoms with E-state index < -0.39 is 0 Å². The first-order chi connectivity index (χ1) is 9.70. The molecule has 0 aliphatic rings. The van der Waals surface area contributed by atoms with Gasteiger partial charge in [-0.15, -0.1) is 0 Å². The van der Waals surface area contributed by atoms with Gasteiger partial charge >= 0.3 is 0 Å². The number of anilines is 1. The minimum absolute atomic E-state index is 0.575. The Balaban J connectivity index is 2.34. The molecule has 0 spiro atoms. The predicted molar refractivity (Wildman–Crippen MR) is 84.5 cm³/mol. The molecule has 1 N–H and O–H groups in total. The Hall–Kier alpha value is -1.84. The zero-order valence-electron chi connectivity index (χ0n) is 10.7. The van der Waals surface area contributed by atoms with Crippen LogP contribution in [0.4, 0.5) is 5.82 Å². The number of nitrogens with zero attached hydrogens (tertiary/aromatic N) is 2. The number of benzene rings is 2. The highest BCUT2D eigenvalue weighted by atomic mass is 35.5. The first kappa shape index (κ1) is 13.2. The fourth-order valence-electron chi connectivity index (χ4n) is 2.06. The van der Waals surface area contributed by atoms with E-state index in [4.69, 9.17) is 23.2 Å². The molecule has 0 fully saturated rings. The van der Waals surface area contributed by atoms with E-state index in [1.165, 1.54) is 0 Å². The van der Waals surface area contributed by atoms with Gasteiger partial charge in [-0.2, -0.15) is 0 Å². The quantitative estimate of drug-likeness (QED) is 0.749. The Kier molecular flexibility index (Phi) is 3.47. The molecule has 20 heavy (non-hydrogen) atoms. The molecule has 1 heterocycles. The summed E-state index contributed by atoms with van der Waals surface area (Å²) in [5.74, 6) is 0.674. The van der Waals surface area contributed by atoms with E-state index in [0.717, 1.165) is 11.1 Å². The summed E-state index contributed by atoms with van der Waals surface area (Å²) in [6, 6.07) is 13.1. The number of hydrogen-bond donors (Lipinski definition) is 1. The van der Waals surface area contributed by atoms with E-state index in [0.29, 0.717) is 27.1 Å². The Labute approximate surface area is 126 Å². The van der Waals surface area contributed by atoms with Crippen molar-refractivity contribution in [3.8, 4) is 11.3 Å². The topological polar surface area (TPSA) is 37.8 Å². The van der Waals surface area contributed by atoms with Gasteiger partial charge in [0.1, 0.15) is 11.2 Å². The van der Waals surface area contributed by atoms with Gasteiger partial charge in [0.2, 0.25) is 0 Å². The summed E-state index contributed by atoms with van der Waals surface area (Å²) in [6.45, 7) is 0. The van der Waals surface area contributed by atoms with Crippen molar-refractivity contribution in [2.75, 3.05) is 12.4 Å². The molecule has 0 bridgehead atoms. The standard InChI is InChI=1S/C15H11Cl2N3/c1-18-15-13(9-5-2-3-6-10(9)16)20-14-11(17)7-4-8-12(14)19-15/h2-8H,1H3,(H,18,19). The maximum Gasteiger partial charge on any atom is 0.153 e. The lowest BCUT2D eigenvalue weighted by Gasteiger charge is -2.11. The number of nitrogens with one attached hydrogen (secondary N) is 1. The first-order valence-corrected chi connectivity index (χ1v) is 6.85. The largest absolute Gasteiger partial charge is 0.371 e. The second kappa shape index (κ2) is 5.27. The number of para-hydroxylation sites is 1. The van der Waals surface area contributed by atoms with Gasteiger partial charge in [-0.1, -0.05) is 47.5 Å². The molecule has 0 atom stereocenters. The van der Waals surface area contributed by atoms with E-state index in [1.54, 1.807) is 13.1 Å². The third-order valence-electron chi connectivity index (χ3n) is 3.01. The van der Waals surface area contributed by atoms with Crippen LogP contribution in [0.1, 0.15) is 0 Å². The Morgan fingerprint density at radius 2 is 1.65 bits per heavy atom. The fraction of sp³-hybridized carbons (Fsp3) is 0.0667. The van der Waals surface area contributed by atoms with Gasteiger partial charge in [-0.3, -0.25) is 0 Å². The summed E-state index contributed by atoms with van der Waals surface area (Å²) in [4.78, 5) is 9.19. The summed E-state index contributed by atoms with van der Waals surface area (Å²) >= 11 is 12.4. The van der Waals surface area contributed by atoms with Crippen LogP contribution in [0, 0.1) is 0 Å². The maximum atomic E-state index is 6.25. The molecule has 0 radical (unpaired) electrons. The number of aromatic nitrogens is 2. The molecule has 3 nitrogen and oxygen atoms in total. The van der Waals surface area contributed by atoms with E-state index in [9.17, 15) is 0 Å². The predicted octanol–water partition coefficient (Wildman–Crippen LogP) is 4.65. The van der Waals surface area contributed by atoms with Gasteiger partial charge in [0, 0.05) is 12.6 Å². The normalized spacial score (nSPS) is 10.8. The van der Waals surface area contributed by atoms with Crippen LogP contribution in [0.5, 0.6) is 0 Å². The number of halogens is 2. The van der Waals surface area contributed by atoms with E-state index in [1.807, 2.05) is 36.4 Å². The summed E-state index contributed by atoms with van der Waals surface area (Å²) in [5, 5.41) is 4.26. The van der Waals surface area contributed by atoms with Crippen molar-refractivity contribution in [2.24, 2.45) is 0 Å². The molecule has 0 aliphatic heterocycles. The Bertz CT molecular complexity index is 787. The Morgan fingerprint density at radius 1 is 0.900 bits per heavy atom. The SMILES string of the molecule is CNc1nc2cccc(Cl)c2nc1-c1ccccc1Cl. The molecule has 3 aromatic rings. The van der Waals surface area contributed by atoms with Crippen molar-refractivity contribution in [1.29, 1.82) is 0 Å². The highest BCUT2D eigenvalue weighted by Gasteiger charge is 2.13. The molecule has 5 heteroatoms. The number of rotatable bonds is 2. The lowest BCUT2D eigenvalue weighted by molar-refractivity contribution is 1.26. The van der Waals surface area contributed by atoms with E-state index in [-0.39, 0.29) is 0 Å². The average molecular weight is 304 g/mol. The van der Waals surface area contributed by atoms with Gasteiger partial charge in [0.15, 0.2) is 5.82 Å². The first-order valence-electron chi connectivity index (χ1n) is 6.09. The third kappa shape index (κ3) is 2.19. The number of hydrogen-bond acceptors (Lipinski definition) is 3. The molecule has 1 aromatic heterocycles. The molecular formula is C15H11Cl2N3. The summed E-state index contributed by atoms with van der Waals surface area (Å²) in [6.07, 6.45) is 0. The molecular weight excluding hydrogens is 293 g/mol. The second-order valence-electron chi connectivity index (χ2n) is 4.26. The molecule has 0 amide bonds. The highest BCUT2D eigenvalue weighted by molar-refractivity contribution is 6.35.